The third-order valence-corrected chi connectivity index (χ3v) is 11.0. The number of amides is 1. The minimum atomic E-state index is -1.10. The molecule has 204 valence electrons. The van der Waals surface area contributed by atoms with Gasteiger partial charge in [0.25, 0.3) is 5.01 Å². The largest absolute Gasteiger partial charge is 0.477 e. The number of rotatable bonds is 8. The molecule has 1 aromatic heterocycles. The Kier molecular flexibility index (Phi) is 7.33. The number of carbonyl (C=O) groups is 3. The van der Waals surface area contributed by atoms with Gasteiger partial charge in [-0.15, -0.1) is 11.8 Å². The van der Waals surface area contributed by atoms with Crippen molar-refractivity contribution in [2.75, 3.05) is 28.7 Å². The number of ketones is 1. The minimum Gasteiger partial charge on any atom is -0.477 e. The average molecular weight is 591 g/mol. The number of anilines is 1. The highest BCUT2D eigenvalue weighted by molar-refractivity contribution is 8.01. The third-order valence-electron chi connectivity index (χ3n) is 7.45. The topological polar surface area (TPSA) is 81.8 Å². The molecule has 1 amide bonds. The number of carboxylic acids is 1. The fraction of sp³-hybridized carbons (Fsp3) is 0.267. The molecule has 10 heteroatoms. The lowest BCUT2D eigenvalue weighted by Gasteiger charge is -2.48. The van der Waals surface area contributed by atoms with Crippen LogP contribution >= 0.6 is 34.9 Å². The standard InChI is InChI=1S/C30H27N3O4S3/c1-18(34)26-28(35)33-27(30(36)37)20(17-39-29(26)33)16-38-14-13-32-12-11-19(21-7-3-4-8-22(21)32)15-25-31(2)23-9-5-6-10-24(23)40-25/h3-12,15,26,29H,13-14,16-17H2,1-2H3/p+1. The van der Waals surface area contributed by atoms with Crippen molar-refractivity contribution in [3.63, 3.8) is 0 Å². The number of aliphatic carboxylic acids is 1. The number of fused-ring (bicyclic) bond motifs is 3. The smallest absolute Gasteiger partial charge is 0.352 e. The Labute approximate surface area is 244 Å². The van der Waals surface area contributed by atoms with Crippen LogP contribution in [-0.4, -0.2) is 56.8 Å². The molecule has 0 bridgehead atoms. The van der Waals surface area contributed by atoms with Crippen LogP contribution in [0.3, 0.4) is 0 Å². The molecule has 4 heterocycles. The fourth-order valence-corrected chi connectivity index (χ4v) is 9.06. The molecule has 3 aliphatic rings. The number of thiazole rings is 1. The van der Waals surface area contributed by atoms with Gasteiger partial charge in [-0.2, -0.15) is 16.3 Å². The predicted molar refractivity (Wildman–Crippen MR) is 163 cm³/mol. The fourth-order valence-electron chi connectivity index (χ4n) is 5.40. The van der Waals surface area contributed by atoms with E-state index in [9.17, 15) is 19.5 Å². The van der Waals surface area contributed by atoms with E-state index in [1.54, 1.807) is 23.1 Å². The van der Waals surface area contributed by atoms with Crippen molar-refractivity contribution >= 4 is 80.1 Å². The zero-order valence-electron chi connectivity index (χ0n) is 22.1. The van der Waals surface area contributed by atoms with Gasteiger partial charge < -0.3 is 10.0 Å². The van der Waals surface area contributed by atoms with Gasteiger partial charge in [0.05, 0.1) is 0 Å². The lowest BCUT2D eigenvalue weighted by atomic mass is 9.92. The maximum Gasteiger partial charge on any atom is 0.352 e. The van der Waals surface area contributed by atoms with Crippen LogP contribution < -0.4 is 9.47 Å². The SMILES string of the molecule is CC(=O)C1C(=O)N2C(C(=O)O)=C(CSCCN3C=C/C(=C\c4sc5ccccc5[n+]4C)c4ccccc43)CSC12. The molecule has 1 fully saturated rings. The number of benzene rings is 2. The molecule has 0 radical (unpaired) electrons. The van der Waals surface area contributed by atoms with Crippen LogP contribution in [0.25, 0.3) is 21.9 Å². The summed E-state index contributed by atoms with van der Waals surface area (Å²) in [4.78, 5) is 39.9. The van der Waals surface area contributed by atoms with Crippen LogP contribution in [0.2, 0.25) is 0 Å². The number of carbonyl (C=O) groups excluding carboxylic acids is 2. The normalized spacial score (nSPS) is 21.1. The van der Waals surface area contributed by atoms with Gasteiger partial charge in [0.1, 0.15) is 34.5 Å². The quantitative estimate of drug-likeness (QED) is 0.175. The number of nitrogens with zero attached hydrogens (tertiary/aromatic N) is 3. The second kappa shape index (κ2) is 10.9. The number of para-hydroxylation sites is 2. The molecule has 0 spiro atoms. The molecular weight excluding hydrogens is 563 g/mol. The first-order chi connectivity index (χ1) is 19.3. The highest BCUT2D eigenvalue weighted by Gasteiger charge is 2.55. The number of carboxylic acid groups (broad SMARTS) is 1. The van der Waals surface area contributed by atoms with Gasteiger partial charge in [-0.1, -0.05) is 41.7 Å². The second-order valence-electron chi connectivity index (χ2n) is 9.90. The van der Waals surface area contributed by atoms with E-state index in [-0.39, 0.29) is 11.5 Å². The first kappa shape index (κ1) is 26.9. The molecule has 0 saturated carbocycles. The molecule has 0 aliphatic carbocycles. The summed E-state index contributed by atoms with van der Waals surface area (Å²) in [5.74, 6) is -0.585. The number of hydrogen-bond donors (Lipinski definition) is 1. The van der Waals surface area contributed by atoms with E-state index in [4.69, 9.17) is 0 Å². The Balaban J connectivity index is 1.15. The summed E-state index contributed by atoms with van der Waals surface area (Å²) < 4.78 is 3.49. The van der Waals surface area contributed by atoms with E-state index in [2.05, 4.69) is 77.3 Å². The molecule has 1 N–H and O–H groups in total. The first-order valence-corrected chi connectivity index (χ1v) is 16.0. The van der Waals surface area contributed by atoms with Crippen LogP contribution in [0.5, 0.6) is 0 Å². The summed E-state index contributed by atoms with van der Waals surface area (Å²) in [5.41, 5.74) is 5.50. The van der Waals surface area contributed by atoms with Crippen molar-refractivity contribution < 1.29 is 24.1 Å². The number of aryl methyl sites for hydroxylation is 1. The number of aromatic nitrogens is 1. The molecular formula is C30H28N3O4S3+. The van der Waals surface area contributed by atoms with Crippen molar-refractivity contribution in [3.05, 3.63) is 82.6 Å². The molecule has 2 aromatic carbocycles. The van der Waals surface area contributed by atoms with Gasteiger partial charge in [-0.25, -0.2) is 4.79 Å². The van der Waals surface area contributed by atoms with Crippen molar-refractivity contribution in [2.45, 2.75) is 12.3 Å². The van der Waals surface area contributed by atoms with E-state index in [0.717, 1.165) is 29.1 Å². The highest BCUT2D eigenvalue weighted by Crippen LogP contribution is 2.44. The predicted octanol–water partition coefficient (Wildman–Crippen LogP) is 4.79. The second-order valence-corrected chi connectivity index (χ2v) is 13.2. The van der Waals surface area contributed by atoms with Crippen molar-refractivity contribution in [1.82, 2.24) is 4.90 Å². The number of β-lactam (4-membered cyclic amide) rings is 1. The third kappa shape index (κ3) is 4.67. The van der Waals surface area contributed by atoms with Crippen LogP contribution in [0.1, 0.15) is 17.5 Å². The van der Waals surface area contributed by atoms with Crippen molar-refractivity contribution in [3.8, 4) is 0 Å². The lowest BCUT2D eigenvalue weighted by Crippen LogP contribution is -2.63. The van der Waals surface area contributed by atoms with E-state index >= 15 is 0 Å². The maximum atomic E-state index is 12.5. The Morgan fingerprint density at radius 2 is 1.95 bits per heavy atom. The molecule has 40 heavy (non-hydrogen) atoms. The van der Waals surface area contributed by atoms with E-state index < -0.39 is 23.2 Å². The molecule has 6 rings (SSSR count). The Bertz CT molecular complexity index is 1640. The van der Waals surface area contributed by atoms with Gasteiger partial charge in [0.15, 0.2) is 0 Å². The molecule has 7 nitrogen and oxygen atoms in total. The van der Waals surface area contributed by atoms with E-state index in [0.29, 0.717) is 11.5 Å². The average Bonchev–Trinajstić information content (AvgIpc) is 3.26. The number of thioether (sulfide) groups is 2. The summed E-state index contributed by atoms with van der Waals surface area (Å²) >= 11 is 4.92. The summed E-state index contributed by atoms with van der Waals surface area (Å²) in [6, 6.07) is 16.8. The Hall–Kier alpha value is -3.34. The number of allylic oxidation sites excluding steroid dienone is 2. The minimum absolute atomic E-state index is 0.0612. The van der Waals surface area contributed by atoms with Crippen LogP contribution in [0.4, 0.5) is 5.69 Å². The lowest BCUT2D eigenvalue weighted by molar-refractivity contribution is -0.642. The summed E-state index contributed by atoms with van der Waals surface area (Å²) in [6.45, 7) is 2.16. The Morgan fingerprint density at radius 3 is 2.73 bits per heavy atom. The monoisotopic (exact) mass is 590 g/mol. The Morgan fingerprint density at radius 1 is 1.18 bits per heavy atom. The first-order valence-electron chi connectivity index (χ1n) is 13.0. The molecule has 2 atom stereocenters. The van der Waals surface area contributed by atoms with Gasteiger partial charge in [0.2, 0.25) is 11.4 Å². The maximum absolute atomic E-state index is 12.5. The van der Waals surface area contributed by atoms with E-state index in [1.807, 2.05) is 6.07 Å². The summed E-state index contributed by atoms with van der Waals surface area (Å²) in [6.07, 6.45) is 6.51. The molecule has 1 saturated heterocycles. The number of hydrogen-bond acceptors (Lipinski definition) is 7. The molecule has 3 aliphatic heterocycles. The van der Waals surface area contributed by atoms with Crippen LogP contribution in [0.15, 0.2) is 72.1 Å². The van der Waals surface area contributed by atoms with Crippen LogP contribution in [-0.2, 0) is 21.4 Å². The van der Waals surface area contributed by atoms with Gasteiger partial charge in [-0.3, -0.25) is 14.5 Å². The molecule has 2 unspecified atom stereocenters. The number of Topliss-reactive ketones (excluding diaryl/α,β-unsaturated/α-hetero) is 1. The summed E-state index contributed by atoms with van der Waals surface area (Å²) in [5, 5.41) is 10.6. The highest BCUT2D eigenvalue weighted by atomic mass is 32.2. The van der Waals surface area contributed by atoms with Crippen LogP contribution in [0, 0.1) is 5.92 Å². The van der Waals surface area contributed by atoms with Crippen molar-refractivity contribution in [2.24, 2.45) is 13.0 Å². The van der Waals surface area contributed by atoms with Gasteiger partial charge >= 0.3 is 5.97 Å². The van der Waals surface area contributed by atoms with Gasteiger partial charge in [0, 0.05) is 53.4 Å². The zero-order chi connectivity index (χ0) is 28.0. The van der Waals surface area contributed by atoms with Crippen molar-refractivity contribution in [1.29, 1.82) is 0 Å². The van der Waals surface area contributed by atoms with Gasteiger partial charge in [-0.05, 0) is 36.3 Å². The zero-order valence-corrected chi connectivity index (χ0v) is 24.5. The van der Waals surface area contributed by atoms with E-state index in [1.165, 1.54) is 44.4 Å². The summed E-state index contributed by atoms with van der Waals surface area (Å²) in [7, 11) is 2.10. The molecule has 3 aromatic rings.